The van der Waals surface area contributed by atoms with Crippen LogP contribution < -0.4 is 10.2 Å². The van der Waals surface area contributed by atoms with Crippen LogP contribution in [0.4, 0.5) is 0 Å². The average Bonchev–Trinajstić information content (AvgIpc) is 2.59. The number of ether oxygens (including phenoxy) is 1. The summed E-state index contributed by atoms with van der Waals surface area (Å²) in [4.78, 5) is 12.9. The topological polar surface area (TPSA) is 46.5 Å². The minimum absolute atomic E-state index is 0.0910. The molecule has 1 aromatic heterocycles. The summed E-state index contributed by atoms with van der Waals surface area (Å²) >= 11 is 1.39. The van der Waals surface area contributed by atoms with E-state index in [0.29, 0.717) is 27.0 Å². The molecule has 0 amide bonds. The van der Waals surface area contributed by atoms with Crippen molar-refractivity contribution in [3.63, 3.8) is 0 Å². The second-order valence-corrected chi connectivity index (χ2v) is 6.18. The molecule has 112 valence electrons. The van der Waals surface area contributed by atoms with E-state index in [9.17, 15) is 9.90 Å². The summed E-state index contributed by atoms with van der Waals surface area (Å²) in [5.41, 5.74) is -0.129. The summed E-state index contributed by atoms with van der Waals surface area (Å²) < 4.78 is 7.26. The van der Waals surface area contributed by atoms with Gasteiger partial charge in [0.1, 0.15) is 17.2 Å². The Balaban J connectivity index is 2.04. The highest BCUT2D eigenvalue weighted by Crippen LogP contribution is 2.37. The van der Waals surface area contributed by atoms with E-state index in [4.69, 9.17) is 4.74 Å². The number of phenolic OH excluding ortho intramolecular Hbond substituents is 1. The van der Waals surface area contributed by atoms with E-state index in [-0.39, 0.29) is 11.2 Å². The number of para-hydroxylation sites is 1. The second-order valence-electron chi connectivity index (χ2n) is 5.13. The van der Waals surface area contributed by atoms with Crippen molar-refractivity contribution in [1.29, 1.82) is 0 Å². The Morgan fingerprint density at radius 2 is 1.61 bits per heavy atom. The van der Waals surface area contributed by atoms with Gasteiger partial charge in [-0.25, -0.2) is 0 Å². The molecule has 0 aliphatic rings. The quantitative estimate of drug-likeness (QED) is 0.534. The van der Waals surface area contributed by atoms with E-state index in [2.05, 4.69) is 0 Å². The fraction of sp³-hybridized carbons (Fsp3) is 0. The Morgan fingerprint density at radius 1 is 0.870 bits per heavy atom. The van der Waals surface area contributed by atoms with Gasteiger partial charge in [0, 0.05) is 10.1 Å². The van der Waals surface area contributed by atoms with E-state index in [0.717, 1.165) is 4.70 Å². The third-order valence-corrected chi connectivity index (χ3v) is 4.83. The molecule has 3 nitrogen and oxygen atoms in total. The SMILES string of the molecule is O=c1c2ccccc2sc2c(O)ccc(Oc3ccccc3)c12. The first kappa shape index (κ1) is 13.8. The molecule has 23 heavy (non-hydrogen) atoms. The molecule has 3 aromatic carbocycles. The maximum absolute atomic E-state index is 12.9. The molecule has 0 fully saturated rings. The van der Waals surface area contributed by atoms with Crippen molar-refractivity contribution in [3.8, 4) is 17.2 Å². The number of aromatic hydroxyl groups is 1. The largest absolute Gasteiger partial charge is 0.506 e. The van der Waals surface area contributed by atoms with Gasteiger partial charge < -0.3 is 9.84 Å². The van der Waals surface area contributed by atoms with Crippen LogP contribution in [-0.4, -0.2) is 5.11 Å². The Kier molecular flexibility index (Phi) is 3.24. The minimum Gasteiger partial charge on any atom is -0.506 e. The van der Waals surface area contributed by atoms with Crippen LogP contribution in [0, 0.1) is 0 Å². The van der Waals surface area contributed by atoms with Gasteiger partial charge in [-0.05, 0) is 36.4 Å². The van der Waals surface area contributed by atoms with Crippen LogP contribution in [0.1, 0.15) is 0 Å². The average molecular weight is 320 g/mol. The molecule has 4 heteroatoms. The summed E-state index contributed by atoms with van der Waals surface area (Å²) in [6.45, 7) is 0. The number of hydrogen-bond donors (Lipinski definition) is 1. The van der Waals surface area contributed by atoms with Gasteiger partial charge >= 0.3 is 0 Å². The maximum atomic E-state index is 12.9. The molecular weight excluding hydrogens is 308 g/mol. The predicted molar refractivity (Wildman–Crippen MR) is 93.8 cm³/mol. The maximum Gasteiger partial charge on any atom is 0.199 e. The van der Waals surface area contributed by atoms with Crippen LogP contribution in [0.5, 0.6) is 17.2 Å². The molecule has 0 atom stereocenters. The fourth-order valence-corrected chi connectivity index (χ4v) is 3.67. The van der Waals surface area contributed by atoms with Crippen LogP contribution in [0.2, 0.25) is 0 Å². The fourth-order valence-electron chi connectivity index (χ4n) is 2.56. The van der Waals surface area contributed by atoms with E-state index in [1.807, 2.05) is 48.5 Å². The Hall–Kier alpha value is -2.85. The van der Waals surface area contributed by atoms with Crippen LogP contribution in [-0.2, 0) is 0 Å². The van der Waals surface area contributed by atoms with Crippen molar-refractivity contribution in [3.05, 3.63) is 77.0 Å². The van der Waals surface area contributed by atoms with Gasteiger partial charge in [-0.1, -0.05) is 30.3 Å². The summed E-state index contributed by atoms with van der Waals surface area (Å²) in [6, 6.07) is 19.9. The molecule has 1 N–H and O–H groups in total. The molecule has 0 radical (unpaired) electrons. The lowest BCUT2D eigenvalue weighted by atomic mass is 10.1. The van der Waals surface area contributed by atoms with Crippen molar-refractivity contribution >= 4 is 31.5 Å². The first-order chi connectivity index (χ1) is 11.2. The zero-order valence-electron chi connectivity index (χ0n) is 12.0. The second kappa shape index (κ2) is 5.41. The first-order valence-electron chi connectivity index (χ1n) is 7.14. The molecule has 1 heterocycles. The Labute approximate surface area is 136 Å². The van der Waals surface area contributed by atoms with Gasteiger partial charge in [0.2, 0.25) is 0 Å². The molecule has 4 rings (SSSR count). The summed E-state index contributed by atoms with van der Waals surface area (Å²) in [6.07, 6.45) is 0. The first-order valence-corrected chi connectivity index (χ1v) is 7.96. The molecule has 4 aromatic rings. The predicted octanol–water partition coefficient (Wildman–Crippen LogP) is 4.91. The van der Waals surface area contributed by atoms with E-state index in [1.165, 1.54) is 11.3 Å². The molecule has 0 aliphatic carbocycles. The zero-order valence-corrected chi connectivity index (χ0v) is 12.8. The summed E-state index contributed by atoms with van der Waals surface area (Å²) in [5, 5.41) is 11.2. The molecule has 0 unspecified atom stereocenters. The normalized spacial score (nSPS) is 11.0. The number of fused-ring (bicyclic) bond motifs is 2. The lowest BCUT2D eigenvalue weighted by Crippen LogP contribution is -2.02. The smallest absolute Gasteiger partial charge is 0.199 e. The van der Waals surface area contributed by atoms with Crippen LogP contribution in [0.3, 0.4) is 0 Å². The van der Waals surface area contributed by atoms with Gasteiger partial charge in [-0.2, -0.15) is 0 Å². The highest BCUT2D eigenvalue weighted by molar-refractivity contribution is 7.25. The standard InChI is InChI=1S/C19H12O3S/c20-14-10-11-15(22-12-6-2-1-3-7-12)17-18(21)13-8-4-5-9-16(13)23-19(14)17/h1-11,20H. The van der Waals surface area contributed by atoms with E-state index in [1.54, 1.807) is 18.2 Å². The molecule has 0 saturated carbocycles. The third-order valence-electron chi connectivity index (χ3n) is 3.64. The zero-order chi connectivity index (χ0) is 15.8. The van der Waals surface area contributed by atoms with E-state index < -0.39 is 0 Å². The Bertz CT molecular complexity index is 1070. The van der Waals surface area contributed by atoms with Crippen LogP contribution in [0.25, 0.3) is 20.2 Å². The number of hydrogen-bond acceptors (Lipinski definition) is 4. The van der Waals surface area contributed by atoms with Gasteiger partial charge in [0.15, 0.2) is 5.43 Å². The number of benzene rings is 3. The molecule has 0 aliphatic heterocycles. The van der Waals surface area contributed by atoms with Crippen molar-refractivity contribution in [2.24, 2.45) is 0 Å². The molecule has 0 bridgehead atoms. The molecular formula is C19H12O3S. The lowest BCUT2D eigenvalue weighted by molar-refractivity contribution is 0.474. The van der Waals surface area contributed by atoms with Crippen molar-refractivity contribution in [1.82, 2.24) is 0 Å². The van der Waals surface area contributed by atoms with Crippen molar-refractivity contribution in [2.75, 3.05) is 0 Å². The highest BCUT2D eigenvalue weighted by atomic mass is 32.1. The Morgan fingerprint density at radius 3 is 2.43 bits per heavy atom. The van der Waals surface area contributed by atoms with Crippen LogP contribution >= 0.6 is 11.3 Å². The minimum atomic E-state index is -0.129. The van der Waals surface area contributed by atoms with Gasteiger partial charge in [0.25, 0.3) is 0 Å². The third kappa shape index (κ3) is 2.33. The number of phenols is 1. The van der Waals surface area contributed by atoms with Crippen LogP contribution in [0.15, 0.2) is 71.5 Å². The molecule has 0 saturated heterocycles. The van der Waals surface area contributed by atoms with Crippen molar-refractivity contribution in [2.45, 2.75) is 0 Å². The van der Waals surface area contributed by atoms with Gasteiger partial charge in [-0.15, -0.1) is 11.3 Å². The van der Waals surface area contributed by atoms with Crippen molar-refractivity contribution < 1.29 is 9.84 Å². The molecule has 0 spiro atoms. The lowest BCUT2D eigenvalue weighted by Gasteiger charge is -2.10. The monoisotopic (exact) mass is 320 g/mol. The van der Waals surface area contributed by atoms with Gasteiger partial charge in [0.05, 0.1) is 10.1 Å². The number of rotatable bonds is 2. The summed E-state index contributed by atoms with van der Waals surface area (Å²) in [7, 11) is 0. The van der Waals surface area contributed by atoms with Gasteiger partial charge in [-0.3, -0.25) is 4.79 Å². The summed E-state index contributed by atoms with van der Waals surface area (Å²) in [5.74, 6) is 1.20. The highest BCUT2D eigenvalue weighted by Gasteiger charge is 2.14. The van der Waals surface area contributed by atoms with E-state index >= 15 is 0 Å².